The summed E-state index contributed by atoms with van der Waals surface area (Å²) >= 11 is 0. The molecule has 114 valence electrons. The summed E-state index contributed by atoms with van der Waals surface area (Å²) in [5.41, 5.74) is 0. The maximum absolute atomic E-state index is 12.2. The van der Waals surface area contributed by atoms with E-state index in [-0.39, 0.29) is 4.90 Å². The van der Waals surface area contributed by atoms with E-state index in [0.29, 0.717) is 24.6 Å². The van der Waals surface area contributed by atoms with E-state index in [1.54, 1.807) is 20.0 Å². The van der Waals surface area contributed by atoms with Crippen LogP contribution in [0.15, 0.2) is 15.4 Å². The van der Waals surface area contributed by atoms with Crippen LogP contribution in [0, 0.1) is 6.92 Å². The van der Waals surface area contributed by atoms with Gasteiger partial charge in [0.2, 0.25) is 10.0 Å². The topological polar surface area (TPSA) is 74.6 Å². The summed E-state index contributed by atoms with van der Waals surface area (Å²) in [6, 6.07) is 1.59. The van der Waals surface area contributed by atoms with Crippen molar-refractivity contribution in [1.82, 2.24) is 14.9 Å². The molecule has 20 heavy (non-hydrogen) atoms. The molecule has 0 amide bonds. The van der Waals surface area contributed by atoms with Crippen LogP contribution in [0.5, 0.6) is 0 Å². The zero-order valence-electron chi connectivity index (χ0n) is 12.1. The number of hydrogen-bond donors (Lipinski definition) is 2. The molecule has 1 aromatic rings. The Labute approximate surface area is 120 Å². The van der Waals surface area contributed by atoms with Gasteiger partial charge in [0.25, 0.3) is 0 Å². The van der Waals surface area contributed by atoms with E-state index in [1.165, 1.54) is 12.8 Å². The fourth-order valence-electron chi connectivity index (χ4n) is 2.47. The fraction of sp³-hybridized carbons (Fsp3) is 0.692. The molecule has 1 aromatic heterocycles. The Morgan fingerprint density at radius 2 is 2.05 bits per heavy atom. The fourth-order valence-corrected chi connectivity index (χ4v) is 3.70. The first-order valence-corrected chi connectivity index (χ1v) is 8.47. The molecule has 1 aliphatic rings. The van der Waals surface area contributed by atoms with Gasteiger partial charge < -0.3 is 14.6 Å². The zero-order valence-corrected chi connectivity index (χ0v) is 12.9. The summed E-state index contributed by atoms with van der Waals surface area (Å²) in [5, 5.41) is 2.94. The number of aryl methyl sites for hydroxylation is 1. The Kier molecular flexibility index (Phi) is 5.20. The minimum atomic E-state index is -3.48. The third-order valence-corrected chi connectivity index (χ3v) is 5.05. The molecule has 0 saturated carbocycles. The van der Waals surface area contributed by atoms with Crippen molar-refractivity contribution in [2.45, 2.75) is 31.2 Å². The van der Waals surface area contributed by atoms with Crippen molar-refractivity contribution in [2.24, 2.45) is 0 Å². The van der Waals surface area contributed by atoms with E-state index >= 15 is 0 Å². The number of furan rings is 1. The van der Waals surface area contributed by atoms with E-state index in [4.69, 9.17) is 4.42 Å². The van der Waals surface area contributed by atoms with Crippen molar-refractivity contribution in [3.8, 4) is 0 Å². The minimum Gasteiger partial charge on any atom is -0.464 e. The van der Waals surface area contributed by atoms with Crippen LogP contribution in [0.25, 0.3) is 0 Å². The average molecular weight is 301 g/mol. The molecule has 0 aromatic carbocycles. The number of nitrogens with zero attached hydrogens (tertiary/aromatic N) is 1. The van der Waals surface area contributed by atoms with Crippen molar-refractivity contribution >= 4 is 10.0 Å². The maximum Gasteiger partial charge on any atom is 0.244 e. The molecule has 2 N–H and O–H groups in total. The van der Waals surface area contributed by atoms with E-state index < -0.39 is 10.0 Å². The van der Waals surface area contributed by atoms with Gasteiger partial charge in [-0.1, -0.05) is 0 Å². The number of nitrogens with one attached hydrogen (secondary N) is 2. The first-order valence-electron chi connectivity index (χ1n) is 6.99. The second-order valence-corrected chi connectivity index (χ2v) is 6.85. The Morgan fingerprint density at radius 3 is 2.70 bits per heavy atom. The number of rotatable bonds is 7. The molecule has 0 atom stereocenters. The Balaban J connectivity index is 1.94. The normalized spacial score (nSPS) is 16.9. The molecule has 0 bridgehead atoms. The molecule has 2 heterocycles. The van der Waals surface area contributed by atoms with Gasteiger partial charge in [0.15, 0.2) is 0 Å². The summed E-state index contributed by atoms with van der Waals surface area (Å²) < 4.78 is 32.5. The van der Waals surface area contributed by atoms with Crippen LogP contribution in [0.3, 0.4) is 0 Å². The summed E-state index contributed by atoms with van der Waals surface area (Å²) in [7, 11) is -1.69. The minimum absolute atomic E-state index is 0.240. The monoisotopic (exact) mass is 301 g/mol. The molecule has 6 nitrogen and oxygen atoms in total. The van der Waals surface area contributed by atoms with E-state index in [1.807, 2.05) is 0 Å². The third kappa shape index (κ3) is 3.82. The van der Waals surface area contributed by atoms with Crippen LogP contribution in [0.1, 0.15) is 24.4 Å². The number of hydrogen-bond acceptors (Lipinski definition) is 5. The SMILES string of the molecule is CNCc1cc(S(=O)(=O)NCCN2CCCC2)c(C)o1. The number of likely N-dealkylation sites (tertiary alicyclic amines) is 1. The van der Waals surface area contributed by atoms with Crippen molar-refractivity contribution < 1.29 is 12.8 Å². The van der Waals surface area contributed by atoms with Crippen molar-refractivity contribution in [3.63, 3.8) is 0 Å². The van der Waals surface area contributed by atoms with Crippen LogP contribution in [-0.4, -0.2) is 46.5 Å². The highest BCUT2D eigenvalue weighted by Crippen LogP contribution is 2.19. The average Bonchev–Trinajstić information content (AvgIpc) is 2.99. The first kappa shape index (κ1) is 15.5. The van der Waals surface area contributed by atoms with Gasteiger partial charge in [-0.05, 0) is 39.9 Å². The molecule has 1 aliphatic heterocycles. The second-order valence-electron chi connectivity index (χ2n) is 5.11. The summed E-state index contributed by atoms with van der Waals surface area (Å²) in [6.07, 6.45) is 2.42. The molecule has 0 unspecified atom stereocenters. The lowest BCUT2D eigenvalue weighted by molar-refractivity contribution is 0.344. The lowest BCUT2D eigenvalue weighted by atomic mass is 10.4. The van der Waals surface area contributed by atoms with Gasteiger partial charge in [0, 0.05) is 19.2 Å². The van der Waals surface area contributed by atoms with E-state index in [2.05, 4.69) is 14.9 Å². The van der Waals surface area contributed by atoms with E-state index in [9.17, 15) is 8.42 Å². The van der Waals surface area contributed by atoms with Gasteiger partial charge in [-0.2, -0.15) is 0 Å². The maximum atomic E-state index is 12.2. The standard InChI is InChI=1S/C13H23N3O3S/c1-11-13(9-12(19-11)10-14-2)20(17,18)15-5-8-16-6-3-4-7-16/h9,14-15H,3-8,10H2,1-2H3. The van der Waals surface area contributed by atoms with Crippen molar-refractivity contribution in [1.29, 1.82) is 0 Å². The third-order valence-electron chi connectivity index (χ3n) is 3.48. The summed E-state index contributed by atoms with van der Waals surface area (Å²) in [6.45, 7) is 5.53. The van der Waals surface area contributed by atoms with Crippen LogP contribution in [0.4, 0.5) is 0 Å². The zero-order chi connectivity index (χ0) is 14.6. The summed E-state index contributed by atoms with van der Waals surface area (Å²) in [4.78, 5) is 2.51. The quantitative estimate of drug-likeness (QED) is 0.775. The molecule has 0 radical (unpaired) electrons. The highest BCUT2D eigenvalue weighted by molar-refractivity contribution is 7.89. The van der Waals surface area contributed by atoms with Gasteiger partial charge in [-0.3, -0.25) is 0 Å². The van der Waals surface area contributed by atoms with Crippen molar-refractivity contribution in [3.05, 3.63) is 17.6 Å². The second kappa shape index (κ2) is 6.71. The Morgan fingerprint density at radius 1 is 1.35 bits per heavy atom. The van der Waals surface area contributed by atoms with Crippen LogP contribution in [0.2, 0.25) is 0 Å². The largest absolute Gasteiger partial charge is 0.464 e. The molecule has 0 spiro atoms. The predicted molar refractivity (Wildman–Crippen MR) is 77.1 cm³/mol. The van der Waals surface area contributed by atoms with Gasteiger partial charge >= 0.3 is 0 Å². The molecular formula is C13H23N3O3S. The molecule has 1 fully saturated rings. The van der Waals surface area contributed by atoms with Crippen molar-refractivity contribution in [2.75, 3.05) is 33.2 Å². The van der Waals surface area contributed by atoms with Gasteiger partial charge in [-0.15, -0.1) is 0 Å². The molecule has 1 saturated heterocycles. The van der Waals surface area contributed by atoms with Gasteiger partial charge in [-0.25, -0.2) is 13.1 Å². The number of sulfonamides is 1. The molecule has 2 rings (SSSR count). The van der Waals surface area contributed by atoms with Gasteiger partial charge in [0.05, 0.1) is 6.54 Å². The molecule has 7 heteroatoms. The lowest BCUT2D eigenvalue weighted by Crippen LogP contribution is -2.33. The van der Waals surface area contributed by atoms with Crippen LogP contribution >= 0.6 is 0 Å². The lowest BCUT2D eigenvalue weighted by Gasteiger charge is -2.14. The van der Waals surface area contributed by atoms with Crippen LogP contribution in [-0.2, 0) is 16.6 Å². The Bertz CT molecular complexity index is 533. The molecule has 0 aliphatic carbocycles. The highest BCUT2D eigenvalue weighted by Gasteiger charge is 2.21. The van der Waals surface area contributed by atoms with E-state index in [0.717, 1.165) is 19.6 Å². The first-order chi connectivity index (χ1) is 9.53. The smallest absolute Gasteiger partial charge is 0.244 e. The predicted octanol–water partition coefficient (Wildman–Crippen LogP) is 0.682. The summed E-state index contributed by atoms with van der Waals surface area (Å²) in [5.74, 6) is 1.06. The van der Waals surface area contributed by atoms with Crippen LogP contribution < -0.4 is 10.0 Å². The highest BCUT2D eigenvalue weighted by atomic mass is 32.2. The van der Waals surface area contributed by atoms with Gasteiger partial charge in [0.1, 0.15) is 16.4 Å². The Hall–Kier alpha value is -0.890. The molecular weight excluding hydrogens is 278 g/mol.